The average Bonchev–Trinajstić information content (AvgIpc) is 3.21. The van der Waals surface area contributed by atoms with Crippen LogP contribution in [-0.2, 0) is 11.3 Å². The Labute approximate surface area is 146 Å². The molecule has 134 valence electrons. The Hall–Kier alpha value is -1.76. The third-order valence-electron chi connectivity index (χ3n) is 5.88. The number of nitrogens with one attached hydrogen (secondary N) is 1. The minimum Gasteiger partial charge on any atom is -0.393 e. The summed E-state index contributed by atoms with van der Waals surface area (Å²) >= 11 is 0. The number of hydrogen-bond donors (Lipinski definition) is 2. The number of aliphatic hydroxyl groups is 1. The van der Waals surface area contributed by atoms with Crippen molar-refractivity contribution < 1.29 is 14.2 Å². The number of fused-ring (bicyclic) bond motifs is 1. The predicted octanol–water partition coefficient (Wildman–Crippen LogP) is 2.72. The number of aliphatic hydroxyl groups excluding tert-OH is 1. The lowest BCUT2D eigenvalue weighted by Crippen LogP contribution is -2.51. The van der Waals surface area contributed by atoms with Crippen LogP contribution in [0.4, 0.5) is 4.39 Å². The minimum atomic E-state index is -0.263. The lowest BCUT2D eigenvalue weighted by molar-refractivity contribution is -0.0879. The topological polar surface area (TPSA) is 61.4 Å². The maximum absolute atomic E-state index is 13.6. The predicted molar refractivity (Wildman–Crippen MR) is 92.4 cm³/mol. The monoisotopic (exact) mass is 345 g/mol. The summed E-state index contributed by atoms with van der Waals surface area (Å²) in [6.07, 6.45) is 4.97. The molecule has 4 rings (SSSR count). The van der Waals surface area contributed by atoms with Gasteiger partial charge >= 0.3 is 0 Å². The Morgan fingerprint density at radius 3 is 3.12 bits per heavy atom. The van der Waals surface area contributed by atoms with Crippen molar-refractivity contribution in [2.75, 3.05) is 13.7 Å². The van der Waals surface area contributed by atoms with Crippen molar-refractivity contribution >= 4 is 0 Å². The van der Waals surface area contributed by atoms with E-state index in [0.717, 1.165) is 49.0 Å². The molecule has 0 radical (unpaired) electrons. The molecule has 1 aliphatic heterocycles. The first-order valence-corrected chi connectivity index (χ1v) is 8.87. The van der Waals surface area contributed by atoms with Crippen molar-refractivity contribution in [2.24, 2.45) is 0 Å². The average molecular weight is 345 g/mol. The molecule has 0 amide bonds. The van der Waals surface area contributed by atoms with Gasteiger partial charge in [0.25, 0.3) is 0 Å². The first kappa shape index (κ1) is 16.7. The van der Waals surface area contributed by atoms with Crippen molar-refractivity contribution in [2.45, 2.75) is 50.0 Å². The van der Waals surface area contributed by atoms with E-state index in [0.29, 0.717) is 6.54 Å². The second-order valence-electron chi connectivity index (χ2n) is 7.21. The van der Waals surface area contributed by atoms with Crippen LogP contribution in [0.2, 0.25) is 0 Å². The van der Waals surface area contributed by atoms with Gasteiger partial charge in [-0.3, -0.25) is 10.00 Å². The molecule has 0 bridgehead atoms. The molecule has 2 heterocycles. The van der Waals surface area contributed by atoms with Crippen molar-refractivity contribution in [3.05, 3.63) is 41.8 Å². The Balaban J connectivity index is 1.58. The Bertz CT molecular complexity index is 750. The molecule has 6 heteroatoms. The Morgan fingerprint density at radius 2 is 2.32 bits per heavy atom. The van der Waals surface area contributed by atoms with E-state index in [2.05, 4.69) is 15.1 Å². The van der Waals surface area contributed by atoms with E-state index in [1.165, 1.54) is 12.1 Å². The van der Waals surface area contributed by atoms with Gasteiger partial charge in [0.2, 0.25) is 0 Å². The SMILES string of the molecule is CO[C@@]12CC[C@H](O)C[C@@H]1N(Cc1cn[nH]c1-c1cccc(F)c1)CC2. The zero-order valence-corrected chi connectivity index (χ0v) is 14.4. The summed E-state index contributed by atoms with van der Waals surface area (Å²) in [6, 6.07) is 6.75. The fraction of sp³-hybridized carbons (Fsp3) is 0.526. The summed E-state index contributed by atoms with van der Waals surface area (Å²) in [5.41, 5.74) is 2.54. The van der Waals surface area contributed by atoms with Crippen LogP contribution in [0.5, 0.6) is 0 Å². The highest BCUT2D eigenvalue weighted by molar-refractivity contribution is 5.62. The molecule has 2 fully saturated rings. The fourth-order valence-electron chi connectivity index (χ4n) is 4.50. The summed E-state index contributed by atoms with van der Waals surface area (Å²) in [4.78, 5) is 2.37. The molecular weight excluding hydrogens is 321 g/mol. The van der Waals surface area contributed by atoms with Crippen LogP contribution in [0.15, 0.2) is 30.5 Å². The maximum atomic E-state index is 13.6. The molecule has 0 spiro atoms. The van der Waals surface area contributed by atoms with Crippen LogP contribution < -0.4 is 0 Å². The second kappa shape index (κ2) is 6.52. The highest BCUT2D eigenvalue weighted by atomic mass is 19.1. The number of H-pyrrole nitrogens is 1. The van der Waals surface area contributed by atoms with E-state index in [9.17, 15) is 9.50 Å². The lowest BCUT2D eigenvalue weighted by atomic mass is 9.79. The van der Waals surface area contributed by atoms with Crippen LogP contribution in [0.25, 0.3) is 11.3 Å². The van der Waals surface area contributed by atoms with E-state index in [1.54, 1.807) is 13.2 Å². The van der Waals surface area contributed by atoms with Gasteiger partial charge in [-0.1, -0.05) is 12.1 Å². The van der Waals surface area contributed by atoms with Crippen molar-refractivity contribution in [3.63, 3.8) is 0 Å². The Morgan fingerprint density at radius 1 is 1.44 bits per heavy atom. The van der Waals surface area contributed by atoms with Gasteiger partial charge in [0.15, 0.2) is 0 Å². The summed E-state index contributed by atoms with van der Waals surface area (Å²) < 4.78 is 19.5. The number of ether oxygens (including phenoxy) is 1. The molecule has 2 aromatic rings. The van der Waals surface area contributed by atoms with Gasteiger partial charge in [-0.25, -0.2) is 4.39 Å². The van der Waals surface area contributed by atoms with E-state index in [4.69, 9.17) is 4.74 Å². The number of aromatic amines is 1. The van der Waals surface area contributed by atoms with E-state index < -0.39 is 0 Å². The summed E-state index contributed by atoms with van der Waals surface area (Å²) in [5.74, 6) is -0.256. The molecule has 2 aliphatic rings. The lowest BCUT2D eigenvalue weighted by Gasteiger charge is -2.42. The largest absolute Gasteiger partial charge is 0.393 e. The summed E-state index contributed by atoms with van der Waals surface area (Å²) in [6.45, 7) is 1.64. The molecule has 3 atom stereocenters. The number of aromatic nitrogens is 2. The second-order valence-corrected chi connectivity index (χ2v) is 7.21. The van der Waals surface area contributed by atoms with Crippen LogP contribution >= 0.6 is 0 Å². The molecule has 1 saturated carbocycles. The summed E-state index contributed by atoms with van der Waals surface area (Å²) in [7, 11) is 1.78. The quantitative estimate of drug-likeness (QED) is 0.894. The fourth-order valence-corrected chi connectivity index (χ4v) is 4.50. The van der Waals surface area contributed by atoms with E-state index in [1.807, 2.05) is 12.3 Å². The van der Waals surface area contributed by atoms with Gasteiger partial charge in [0.05, 0.1) is 23.6 Å². The van der Waals surface area contributed by atoms with Crippen LogP contribution in [0.1, 0.15) is 31.2 Å². The first-order valence-electron chi connectivity index (χ1n) is 8.87. The zero-order valence-electron chi connectivity index (χ0n) is 14.4. The Kier molecular flexibility index (Phi) is 4.35. The van der Waals surface area contributed by atoms with Crippen molar-refractivity contribution in [3.8, 4) is 11.3 Å². The number of rotatable bonds is 4. The maximum Gasteiger partial charge on any atom is 0.123 e. The number of halogens is 1. The molecule has 25 heavy (non-hydrogen) atoms. The highest BCUT2D eigenvalue weighted by Crippen LogP contribution is 2.43. The summed E-state index contributed by atoms with van der Waals surface area (Å²) in [5, 5.41) is 17.3. The van der Waals surface area contributed by atoms with E-state index >= 15 is 0 Å². The van der Waals surface area contributed by atoms with Gasteiger partial charge in [-0.15, -0.1) is 0 Å². The van der Waals surface area contributed by atoms with Crippen LogP contribution in [0.3, 0.4) is 0 Å². The molecule has 1 saturated heterocycles. The van der Waals surface area contributed by atoms with Crippen molar-refractivity contribution in [1.29, 1.82) is 0 Å². The minimum absolute atomic E-state index is 0.151. The van der Waals surface area contributed by atoms with E-state index in [-0.39, 0.29) is 23.6 Å². The number of methoxy groups -OCH3 is 1. The third kappa shape index (κ3) is 2.99. The molecule has 1 aromatic carbocycles. The van der Waals surface area contributed by atoms with Gasteiger partial charge < -0.3 is 9.84 Å². The van der Waals surface area contributed by atoms with Gasteiger partial charge in [-0.2, -0.15) is 5.10 Å². The number of benzene rings is 1. The van der Waals surface area contributed by atoms with Crippen LogP contribution in [0, 0.1) is 5.82 Å². The first-order chi connectivity index (χ1) is 12.1. The molecule has 0 unspecified atom stereocenters. The van der Waals surface area contributed by atoms with Gasteiger partial charge in [0, 0.05) is 37.4 Å². The smallest absolute Gasteiger partial charge is 0.123 e. The van der Waals surface area contributed by atoms with Gasteiger partial charge in [0.1, 0.15) is 5.82 Å². The normalized spacial score (nSPS) is 29.7. The molecule has 1 aromatic heterocycles. The third-order valence-corrected chi connectivity index (χ3v) is 5.88. The van der Waals surface area contributed by atoms with Crippen molar-refractivity contribution in [1.82, 2.24) is 15.1 Å². The number of nitrogens with zero attached hydrogens (tertiary/aromatic N) is 2. The number of hydrogen-bond acceptors (Lipinski definition) is 4. The number of likely N-dealkylation sites (tertiary alicyclic amines) is 1. The standard InChI is InChI=1S/C19H24FN3O2/c1-25-19-6-5-16(24)10-17(19)23(8-7-19)12-14-11-21-22-18(14)13-3-2-4-15(20)9-13/h2-4,9,11,16-17,24H,5-8,10,12H2,1H3,(H,21,22)/t16-,17-,19+/m0/s1. The highest BCUT2D eigenvalue weighted by Gasteiger charge is 2.50. The molecule has 5 nitrogen and oxygen atoms in total. The van der Waals surface area contributed by atoms with Gasteiger partial charge in [-0.05, 0) is 37.8 Å². The molecule has 2 N–H and O–H groups in total. The molecule has 1 aliphatic carbocycles. The van der Waals surface area contributed by atoms with Crippen LogP contribution in [-0.4, -0.2) is 51.6 Å². The molecular formula is C19H24FN3O2. The zero-order chi connectivity index (χ0) is 17.4.